The Bertz CT molecular complexity index is 205. The van der Waals surface area contributed by atoms with Gasteiger partial charge in [-0.25, -0.2) is 0 Å². The third-order valence-corrected chi connectivity index (χ3v) is 2.87. The Labute approximate surface area is 106 Å². The maximum atomic E-state index is 11.6. The lowest BCUT2D eigenvalue weighted by molar-refractivity contribution is -0.125. The van der Waals surface area contributed by atoms with Gasteiger partial charge in [-0.05, 0) is 5.92 Å². The predicted octanol–water partition coefficient (Wildman–Crippen LogP) is 0.982. The third kappa shape index (κ3) is 9.12. The molecule has 0 radical (unpaired) electrons. The molecular weight excluding hydrogens is 214 g/mol. The average Bonchev–Trinajstić information content (AvgIpc) is 2.25. The number of amides is 1. The second-order valence-corrected chi connectivity index (χ2v) is 5.18. The van der Waals surface area contributed by atoms with Crippen LogP contribution < -0.4 is 16.0 Å². The van der Waals surface area contributed by atoms with Crippen molar-refractivity contribution in [3.05, 3.63) is 0 Å². The number of nitrogens with one attached hydrogen (secondary N) is 3. The van der Waals surface area contributed by atoms with E-state index in [0.717, 1.165) is 19.6 Å². The second kappa shape index (κ2) is 9.42. The van der Waals surface area contributed by atoms with Crippen molar-refractivity contribution >= 4 is 5.91 Å². The maximum absolute atomic E-state index is 11.6. The van der Waals surface area contributed by atoms with Crippen molar-refractivity contribution in [2.45, 2.75) is 40.7 Å². The quantitative estimate of drug-likeness (QED) is 0.529. The lowest BCUT2D eigenvalue weighted by atomic mass is 9.97. The van der Waals surface area contributed by atoms with E-state index in [-0.39, 0.29) is 11.8 Å². The summed E-state index contributed by atoms with van der Waals surface area (Å²) in [5.41, 5.74) is 0. The van der Waals surface area contributed by atoms with Crippen LogP contribution in [0.25, 0.3) is 0 Å². The summed E-state index contributed by atoms with van der Waals surface area (Å²) < 4.78 is 0. The summed E-state index contributed by atoms with van der Waals surface area (Å²) >= 11 is 0. The molecule has 0 heterocycles. The molecule has 0 fully saturated rings. The summed E-state index contributed by atoms with van der Waals surface area (Å²) in [5, 5.41) is 9.56. The van der Waals surface area contributed by atoms with E-state index in [4.69, 9.17) is 0 Å². The van der Waals surface area contributed by atoms with Gasteiger partial charge >= 0.3 is 0 Å². The van der Waals surface area contributed by atoms with Crippen molar-refractivity contribution in [3.8, 4) is 0 Å². The molecule has 0 aromatic rings. The summed E-state index contributed by atoms with van der Waals surface area (Å²) in [6, 6.07) is 0.531. The molecule has 3 N–H and O–H groups in total. The fourth-order valence-electron chi connectivity index (χ4n) is 1.31. The van der Waals surface area contributed by atoms with Crippen molar-refractivity contribution in [1.82, 2.24) is 16.0 Å². The molecule has 0 bridgehead atoms. The second-order valence-electron chi connectivity index (χ2n) is 5.18. The van der Waals surface area contributed by atoms with Crippen LogP contribution in [0.5, 0.6) is 0 Å². The number of hydrogen-bond acceptors (Lipinski definition) is 3. The highest BCUT2D eigenvalue weighted by Crippen LogP contribution is 2.08. The Kier molecular flexibility index (Phi) is 9.09. The molecule has 1 unspecified atom stereocenters. The molecule has 4 nitrogen and oxygen atoms in total. The van der Waals surface area contributed by atoms with E-state index < -0.39 is 0 Å². The van der Waals surface area contributed by atoms with Crippen molar-refractivity contribution < 1.29 is 4.79 Å². The van der Waals surface area contributed by atoms with Gasteiger partial charge in [0, 0.05) is 38.1 Å². The molecule has 1 atom stereocenters. The number of hydrogen-bond donors (Lipinski definition) is 3. The molecule has 102 valence electrons. The topological polar surface area (TPSA) is 53.2 Å². The van der Waals surface area contributed by atoms with E-state index in [1.165, 1.54) is 0 Å². The van der Waals surface area contributed by atoms with Gasteiger partial charge in [-0.15, -0.1) is 0 Å². The Morgan fingerprint density at radius 1 is 0.941 bits per heavy atom. The fourth-order valence-corrected chi connectivity index (χ4v) is 1.31. The number of rotatable bonds is 9. The van der Waals surface area contributed by atoms with E-state index in [0.29, 0.717) is 18.5 Å². The lowest BCUT2D eigenvalue weighted by Crippen LogP contribution is -2.38. The van der Waals surface area contributed by atoms with Crippen LogP contribution in [0.1, 0.15) is 34.6 Å². The van der Waals surface area contributed by atoms with Crippen LogP contribution in [0.15, 0.2) is 0 Å². The van der Waals surface area contributed by atoms with Crippen LogP contribution >= 0.6 is 0 Å². The standard InChI is InChI=1S/C13H29N3O/c1-10(2)12(5)13(17)16-9-7-14-6-8-15-11(3)4/h10-12,14-15H,6-9H2,1-5H3,(H,16,17). The number of carbonyl (C=O) groups excluding carboxylic acids is 1. The van der Waals surface area contributed by atoms with Gasteiger partial charge in [-0.3, -0.25) is 4.79 Å². The largest absolute Gasteiger partial charge is 0.355 e. The van der Waals surface area contributed by atoms with Gasteiger partial charge in [-0.2, -0.15) is 0 Å². The first-order chi connectivity index (χ1) is 7.95. The highest BCUT2D eigenvalue weighted by Gasteiger charge is 2.15. The molecule has 0 aliphatic carbocycles. The molecule has 0 aromatic heterocycles. The Hall–Kier alpha value is -0.610. The van der Waals surface area contributed by atoms with Crippen LogP contribution in [-0.4, -0.2) is 38.1 Å². The molecular formula is C13H29N3O. The normalized spacial score (nSPS) is 13.1. The molecule has 0 saturated heterocycles. The van der Waals surface area contributed by atoms with Gasteiger partial charge in [0.1, 0.15) is 0 Å². The number of carbonyl (C=O) groups is 1. The Morgan fingerprint density at radius 3 is 2.06 bits per heavy atom. The summed E-state index contributed by atoms with van der Waals surface area (Å²) in [5.74, 6) is 0.651. The zero-order valence-corrected chi connectivity index (χ0v) is 12.0. The minimum atomic E-state index is 0.0950. The van der Waals surface area contributed by atoms with Gasteiger partial charge in [0.05, 0.1) is 0 Å². The van der Waals surface area contributed by atoms with Crippen molar-refractivity contribution in [2.24, 2.45) is 11.8 Å². The first-order valence-electron chi connectivity index (χ1n) is 6.67. The molecule has 0 aromatic carbocycles. The van der Waals surface area contributed by atoms with Crippen molar-refractivity contribution in [3.63, 3.8) is 0 Å². The summed E-state index contributed by atoms with van der Waals surface area (Å²) in [6.07, 6.45) is 0. The fraction of sp³-hybridized carbons (Fsp3) is 0.923. The predicted molar refractivity (Wildman–Crippen MR) is 73.0 cm³/mol. The first kappa shape index (κ1) is 16.4. The van der Waals surface area contributed by atoms with Gasteiger partial charge in [-0.1, -0.05) is 34.6 Å². The minimum Gasteiger partial charge on any atom is -0.355 e. The molecule has 0 spiro atoms. The van der Waals surface area contributed by atoms with Crippen molar-refractivity contribution in [1.29, 1.82) is 0 Å². The molecule has 0 saturated carbocycles. The molecule has 17 heavy (non-hydrogen) atoms. The SMILES string of the molecule is CC(C)NCCNCCNC(=O)C(C)C(C)C. The summed E-state index contributed by atoms with van der Waals surface area (Å²) in [6.45, 7) is 13.8. The lowest BCUT2D eigenvalue weighted by Gasteiger charge is -2.15. The zero-order valence-electron chi connectivity index (χ0n) is 12.0. The van der Waals surface area contributed by atoms with Gasteiger partial charge in [0.2, 0.25) is 5.91 Å². The summed E-state index contributed by atoms with van der Waals surface area (Å²) in [7, 11) is 0. The van der Waals surface area contributed by atoms with E-state index in [1.54, 1.807) is 0 Å². The molecule has 1 amide bonds. The van der Waals surface area contributed by atoms with Crippen molar-refractivity contribution in [2.75, 3.05) is 26.2 Å². The highest BCUT2D eigenvalue weighted by molar-refractivity contribution is 5.78. The monoisotopic (exact) mass is 243 g/mol. The molecule has 0 aliphatic rings. The van der Waals surface area contributed by atoms with Crippen LogP contribution in [0, 0.1) is 11.8 Å². The van der Waals surface area contributed by atoms with E-state index >= 15 is 0 Å². The van der Waals surface area contributed by atoms with E-state index in [1.807, 2.05) is 6.92 Å². The van der Waals surface area contributed by atoms with Crippen LogP contribution in [0.3, 0.4) is 0 Å². The minimum absolute atomic E-state index is 0.0950. The molecule has 0 aliphatic heterocycles. The molecule has 0 rings (SSSR count). The van der Waals surface area contributed by atoms with Gasteiger partial charge in [0.25, 0.3) is 0 Å². The molecule has 4 heteroatoms. The highest BCUT2D eigenvalue weighted by atomic mass is 16.1. The summed E-state index contributed by atoms with van der Waals surface area (Å²) in [4.78, 5) is 11.6. The third-order valence-electron chi connectivity index (χ3n) is 2.87. The van der Waals surface area contributed by atoms with Crippen LogP contribution in [0.2, 0.25) is 0 Å². The Balaban J connectivity index is 3.37. The van der Waals surface area contributed by atoms with E-state index in [2.05, 4.69) is 43.6 Å². The average molecular weight is 243 g/mol. The van der Waals surface area contributed by atoms with Gasteiger partial charge in [0.15, 0.2) is 0 Å². The smallest absolute Gasteiger partial charge is 0.223 e. The van der Waals surface area contributed by atoms with E-state index in [9.17, 15) is 4.79 Å². The van der Waals surface area contributed by atoms with Crippen LogP contribution in [-0.2, 0) is 4.79 Å². The van der Waals surface area contributed by atoms with Gasteiger partial charge < -0.3 is 16.0 Å². The maximum Gasteiger partial charge on any atom is 0.223 e. The first-order valence-corrected chi connectivity index (χ1v) is 6.67. The van der Waals surface area contributed by atoms with Crippen LogP contribution in [0.4, 0.5) is 0 Å². The zero-order chi connectivity index (χ0) is 13.3. The Morgan fingerprint density at radius 2 is 1.53 bits per heavy atom.